The van der Waals surface area contributed by atoms with Gasteiger partial charge in [-0.25, -0.2) is 0 Å². The van der Waals surface area contributed by atoms with Gasteiger partial charge in [-0.15, -0.1) is 0 Å². The van der Waals surface area contributed by atoms with E-state index in [4.69, 9.17) is 16.3 Å². The second kappa shape index (κ2) is 11.1. The zero-order valence-electron chi connectivity index (χ0n) is 20.7. The highest BCUT2D eigenvalue weighted by Gasteiger charge is 2.26. The molecule has 2 aromatic carbocycles. The van der Waals surface area contributed by atoms with Crippen molar-refractivity contribution in [2.24, 2.45) is 5.92 Å². The first-order valence-electron chi connectivity index (χ1n) is 11.9. The average molecular weight is 574 g/mol. The van der Waals surface area contributed by atoms with E-state index in [0.717, 1.165) is 32.0 Å². The second-order valence-electron chi connectivity index (χ2n) is 9.41. The second-order valence-corrected chi connectivity index (χ2v) is 10.8. The van der Waals surface area contributed by atoms with Crippen molar-refractivity contribution in [2.75, 3.05) is 27.2 Å². The molecular formula is C27H30BrClN4O3. The van der Waals surface area contributed by atoms with E-state index in [9.17, 15) is 9.59 Å². The monoisotopic (exact) mass is 572 g/mol. The number of aromatic amines is 2. The van der Waals surface area contributed by atoms with Crippen molar-refractivity contribution in [1.82, 2.24) is 20.2 Å². The first kappa shape index (κ1) is 26.3. The molecule has 0 aliphatic heterocycles. The summed E-state index contributed by atoms with van der Waals surface area (Å²) < 4.78 is 6.37. The maximum atomic E-state index is 13.4. The number of rotatable bonds is 9. The number of esters is 1. The summed E-state index contributed by atoms with van der Waals surface area (Å²) in [5, 5.41) is 5.42. The molecule has 3 N–H and O–H groups in total. The number of aromatic nitrogens is 2. The molecule has 0 aliphatic rings. The zero-order chi connectivity index (χ0) is 26.0. The summed E-state index contributed by atoms with van der Waals surface area (Å²) in [5.74, 6) is -0.298. The van der Waals surface area contributed by atoms with E-state index in [0.29, 0.717) is 29.2 Å². The van der Waals surface area contributed by atoms with Gasteiger partial charge in [0.05, 0.1) is 23.6 Å². The number of hydrogen-bond acceptors (Lipinski definition) is 4. The Labute approximate surface area is 223 Å². The molecule has 36 heavy (non-hydrogen) atoms. The minimum Gasteiger partial charge on any atom is -0.464 e. The van der Waals surface area contributed by atoms with Crippen molar-refractivity contribution in [3.63, 3.8) is 0 Å². The van der Waals surface area contributed by atoms with Crippen molar-refractivity contribution >= 4 is 61.2 Å². The van der Waals surface area contributed by atoms with Crippen LogP contribution in [-0.4, -0.2) is 60.0 Å². The summed E-state index contributed by atoms with van der Waals surface area (Å²) in [6.07, 6.45) is 0.518. The highest BCUT2D eigenvalue weighted by Crippen LogP contribution is 2.33. The molecule has 1 atom stereocenters. The molecule has 0 saturated carbocycles. The largest absolute Gasteiger partial charge is 0.464 e. The van der Waals surface area contributed by atoms with Crippen molar-refractivity contribution in [3.8, 4) is 11.4 Å². The van der Waals surface area contributed by atoms with Crippen LogP contribution in [0.4, 0.5) is 0 Å². The normalized spacial score (nSPS) is 12.6. The Morgan fingerprint density at radius 2 is 1.86 bits per heavy atom. The Hall–Kier alpha value is -2.81. The summed E-state index contributed by atoms with van der Waals surface area (Å²) in [6.45, 7) is 4.61. The number of fused-ring (bicyclic) bond motifs is 2. The zero-order valence-corrected chi connectivity index (χ0v) is 23.1. The fourth-order valence-electron chi connectivity index (χ4n) is 4.55. The number of benzene rings is 2. The Morgan fingerprint density at radius 3 is 2.58 bits per heavy atom. The van der Waals surface area contributed by atoms with E-state index in [-0.39, 0.29) is 30.4 Å². The molecule has 2 heterocycles. The van der Waals surface area contributed by atoms with E-state index >= 15 is 0 Å². The van der Waals surface area contributed by atoms with Crippen LogP contribution < -0.4 is 5.32 Å². The topological polar surface area (TPSA) is 90.2 Å². The molecule has 190 valence electrons. The molecule has 2 aromatic heterocycles. The van der Waals surface area contributed by atoms with E-state index in [1.807, 2.05) is 75.3 Å². The molecule has 0 saturated heterocycles. The van der Waals surface area contributed by atoms with Gasteiger partial charge in [0.15, 0.2) is 0 Å². The van der Waals surface area contributed by atoms with Gasteiger partial charge in [0.2, 0.25) is 0 Å². The van der Waals surface area contributed by atoms with Crippen LogP contribution in [0.15, 0.2) is 46.9 Å². The highest BCUT2D eigenvalue weighted by atomic mass is 79.9. The first-order chi connectivity index (χ1) is 17.2. The Balaban J connectivity index is 1.50. The predicted molar refractivity (Wildman–Crippen MR) is 149 cm³/mol. The van der Waals surface area contributed by atoms with Crippen LogP contribution in [0.3, 0.4) is 0 Å². The molecule has 0 bridgehead atoms. The number of H-pyrrole nitrogens is 2. The van der Waals surface area contributed by atoms with Crippen LogP contribution in [0.1, 0.15) is 30.6 Å². The molecule has 4 aromatic rings. The predicted octanol–water partition coefficient (Wildman–Crippen LogP) is 5.98. The van der Waals surface area contributed by atoms with E-state index < -0.39 is 0 Å². The number of likely N-dealkylation sites (N-methyl/N-ethyl adjacent to an activating group) is 1. The molecule has 0 unspecified atom stereocenters. The lowest BCUT2D eigenvalue weighted by atomic mass is 10.0. The summed E-state index contributed by atoms with van der Waals surface area (Å²) >= 11 is 9.67. The van der Waals surface area contributed by atoms with Gasteiger partial charge >= 0.3 is 5.97 Å². The number of nitrogens with zero attached hydrogens (tertiary/aromatic N) is 1. The third kappa shape index (κ3) is 5.61. The number of carbonyl (C=O) groups is 2. The summed E-state index contributed by atoms with van der Waals surface area (Å²) in [6, 6.07) is 13.1. The molecule has 0 radical (unpaired) electrons. The summed E-state index contributed by atoms with van der Waals surface area (Å²) in [7, 11) is 3.73. The average Bonchev–Trinajstić information content (AvgIpc) is 3.38. The smallest absolute Gasteiger partial charge is 0.323 e. The van der Waals surface area contributed by atoms with Gasteiger partial charge in [-0.05, 0) is 62.8 Å². The van der Waals surface area contributed by atoms with E-state index in [1.54, 1.807) is 0 Å². The highest BCUT2D eigenvalue weighted by molar-refractivity contribution is 9.10. The van der Waals surface area contributed by atoms with Crippen LogP contribution in [0, 0.1) is 5.92 Å². The van der Waals surface area contributed by atoms with E-state index in [1.165, 1.54) is 0 Å². The minimum atomic E-state index is -0.293. The van der Waals surface area contributed by atoms with Gasteiger partial charge < -0.3 is 20.0 Å². The van der Waals surface area contributed by atoms with Crippen LogP contribution in [0.5, 0.6) is 0 Å². The maximum Gasteiger partial charge on any atom is 0.323 e. The van der Waals surface area contributed by atoms with Crippen molar-refractivity contribution in [1.29, 1.82) is 0 Å². The molecular weight excluding hydrogens is 544 g/mol. The number of ether oxygens (including phenoxy) is 1. The Morgan fingerprint density at radius 1 is 1.08 bits per heavy atom. The molecule has 0 spiro atoms. The maximum absolute atomic E-state index is 13.4. The molecule has 7 nitrogen and oxygen atoms in total. The number of nitrogens with one attached hydrogen (secondary N) is 3. The SMILES string of the molecule is CC(C)[C@@H](C(=O)OCCCNC(=O)c1c(-c2cc3cc(Cl)ccc3[nH]2)[nH]c2cc(Br)ccc12)N(C)C. The number of halogens is 2. The molecule has 0 aliphatic carbocycles. The van der Waals surface area contributed by atoms with Crippen molar-refractivity contribution < 1.29 is 14.3 Å². The molecule has 4 rings (SSSR count). The van der Waals surface area contributed by atoms with Gasteiger partial charge in [-0.1, -0.05) is 47.4 Å². The fourth-order valence-corrected chi connectivity index (χ4v) is 5.09. The summed E-state index contributed by atoms with van der Waals surface area (Å²) in [5.41, 5.74) is 3.82. The first-order valence-corrected chi connectivity index (χ1v) is 13.0. The van der Waals surface area contributed by atoms with Crippen LogP contribution >= 0.6 is 27.5 Å². The van der Waals surface area contributed by atoms with Crippen LogP contribution in [0.25, 0.3) is 33.2 Å². The molecule has 1 amide bonds. The molecule has 9 heteroatoms. The van der Waals surface area contributed by atoms with Gasteiger partial charge in [-0.3, -0.25) is 14.5 Å². The lowest BCUT2D eigenvalue weighted by Gasteiger charge is -2.25. The van der Waals surface area contributed by atoms with Gasteiger partial charge in [0, 0.05) is 37.8 Å². The van der Waals surface area contributed by atoms with E-state index in [2.05, 4.69) is 31.2 Å². The third-order valence-corrected chi connectivity index (χ3v) is 6.85. The van der Waals surface area contributed by atoms with Crippen molar-refractivity contribution in [3.05, 3.63) is 57.5 Å². The third-order valence-electron chi connectivity index (χ3n) is 6.12. The Kier molecular flexibility index (Phi) is 8.07. The van der Waals surface area contributed by atoms with Crippen molar-refractivity contribution in [2.45, 2.75) is 26.3 Å². The van der Waals surface area contributed by atoms with Crippen LogP contribution in [-0.2, 0) is 9.53 Å². The minimum absolute atomic E-state index is 0.146. The molecule has 0 fully saturated rings. The fraction of sp³-hybridized carbons (Fsp3) is 0.333. The van der Waals surface area contributed by atoms with Crippen LogP contribution in [0.2, 0.25) is 5.02 Å². The number of carbonyl (C=O) groups excluding carboxylic acids is 2. The Bertz CT molecular complexity index is 1400. The van der Waals surface area contributed by atoms with Gasteiger partial charge in [0.25, 0.3) is 5.91 Å². The number of hydrogen-bond donors (Lipinski definition) is 3. The quantitative estimate of drug-likeness (QED) is 0.170. The number of amides is 1. The summed E-state index contributed by atoms with van der Waals surface area (Å²) in [4.78, 5) is 34.4. The van der Waals surface area contributed by atoms with Gasteiger partial charge in [0.1, 0.15) is 6.04 Å². The lowest BCUT2D eigenvalue weighted by Crippen LogP contribution is -2.41. The standard InChI is InChI=1S/C27H30BrClN4O3/c1-15(2)25(33(3)4)27(35)36-11-5-10-30-26(34)23-19-8-6-17(28)14-21(19)32-24(23)22-13-16-12-18(29)7-9-20(16)31-22/h6-9,12-15,25,31-32H,5,10-11H2,1-4H3,(H,30,34)/t25-/m0/s1. The lowest BCUT2D eigenvalue weighted by molar-refractivity contribution is -0.150. The van der Waals surface area contributed by atoms with Gasteiger partial charge in [-0.2, -0.15) is 0 Å².